The van der Waals surface area contributed by atoms with Crippen molar-refractivity contribution in [1.82, 2.24) is 29.1 Å². The summed E-state index contributed by atoms with van der Waals surface area (Å²) in [5.74, 6) is 8.96. The minimum absolute atomic E-state index is 0.0118. The van der Waals surface area contributed by atoms with Gasteiger partial charge in [0, 0.05) is 22.3 Å². The van der Waals surface area contributed by atoms with Crippen LogP contribution >= 0.6 is 0 Å². The Balaban J connectivity index is 1.15. The van der Waals surface area contributed by atoms with Gasteiger partial charge < -0.3 is 14.2 Å². The standard InChI is InChI=1S/C39H29B3N6/c1-5-15-30(16-6-1)35-28-42-47-26-23-34(39-44-37(32-19-9-3-10-20-32)43-38(45-39)33-21-11-4-12-22-33)27-41(47)46-25-14-13-24-40(46)48(42)29-36(35)31-17-7-2-8-18-31/h1-29H. The van der Waals surface area contributed by atoms with Crippen LogP contribution in [0.2, 0.25) is 0 Å². The Morgan fingerprint density at radius 2 is 0.917 bits per heavy atom. The van der Waals surface area contributed by atoms with Gasteiger partial charge in [-0.3, -0.25) is 0 Å². The normalized spacial score (nSPS) is 16.2. The molecule has 4 aliphatic heterocycles. The lowest BCUT2D eigenvalue weighted by molar-refractivity contribution is 0.623. The summed E-state index contributed by atoms with van der Waals surface area (Å²) >= 11 is 0. The van der Waals surface area contributed by atoms with Crippen LogP contribution in [0, 0.1) is 0 Å². The second-order valence-electron chi connectivity index (χ2n) is 12.1. The van der Waals surface area contributed by atoms with Gasteiger partial charge in [0.05, 0.1) is 0 Å². The molecule has 5 heterocycles. The first-order chi connectivity index (χ1) is 23.8. The number of hydrogen-bond donors (Lipinski definition) is 0. The largest absolute Gasteiger partial charge is 0.423 e. The zero-order valence-corrected chi connectivity index (χ0v) is 26.2. The summed E-state index contributed by atoms with van der Waals surface area (Å²) in [4.78, 5) is 15.0. The minimum atomic E-state index is -0.0606. The van der Waals surface area contributed by atoms with E-state index in [2.05, 4.69) is 130 Å². The second-order valence-corrected chi connectivity index (χ2v) is 12.1. The van der Waals surface area contributed by atoms with Gasteiger partial charge in [0.15, 0.2) is 17.5 Å². The molecule has 0 aliphatic carbocycles. The Morgan fingerprint density at radius 1 is 0.417 bits per heavy atom. The number of aromatic nitrogens is 3. The van der Waals surface area contributed by atoms with Gasteiger partial charge in [0.1, 0.15) is 0 Å². The first-order valence-corrected chi connectivity index (χ1v) is 16.3. The molecule has 0 amide bonds. The van der Waals surface area contributed by atoms with Crippen LogP contribution in [-0.4, -0.2) is 50.1 Å². The van der Waals surface area contributed by atoms with E-state index < -0.39 is 0 Å². The highest BCUT2D eigenvalue weighted by Gasteiger charge is 2.51. The van der Waals surface area contributed by atoms with Crippen LogP contribution in [0.1, 0.15) is 17.0 Å². The summed E-state index contributed by atoms with van der Waals surface area (Å²) in [7, 11) is 0. The maximum Gasteiger partial charge on any atom is 0.381 e. The van der Waals surface area contributed by atoms with Crippen molar-refractivity contribution in [2.75, 3.05) is 0 Å². The molecule has 4 aromatic carbocycles. The number of nitrogens with zero attached hydrogens (tertiary/aromatic N) is 6. The molecule has 1 fully saturated rings. The molecule has 4 aliphatic rings. The second kappa shape index (κ2) is 11.9. The Morgan fingerprint density at radius 3 is 1.52 bits per heavy atom. The minimum Gasteiger partial charge on any atom is -0.423 e. The van der Waals surface area contributed by atoms with Crippen molar-refractivity contribution >= 4 is 37.7 Å². The summed E-state index contributed by atoms with van der Waals surface area (Å²) in [5.41, 5.74) is 7.72. The monoisotopic (exact) mass is 614 g/mol. The number of allylic oxidation sites excluding steroid dienone is 6. The van der Waals surface area contributed by atoms with Crippen LogP contribution in [0.3, 0.4) is 0 Å². The van der Waals surface area contributed by atoms with E-state index in [4.69, 9.17) is 15.0 Å². The van der Waals surface area contributed by atoms with E-state index in [0.29, 0.717) is 17.5 Å². The molecule has 0 bridgehead atoms. The average Bonchev–Trinajstić information content (AvgIpc) is 3.18. The fourth-order valence-corrected chi connectivity index (χ4v) is 6.94. The van der Waals surface area contributed by atoms with Crippen molar-refractivity contribution in [3.05, 3.63) is 193 Å². The van der Waals surface area contributed by atoms with Crippen LogP contribution in [-0.2, 0) is 0 Å². The lowest BCUT2D eigenvalue weighted by atomic mass is 9.41. The molecule has 0 unspecified atom stereocenters. The molecule has 6 nitrogen and oxygen atoms in total. The lowest BCUT2D eigenvalue weighted by Gasteiger charge is -2.54. The molecule has 0 N–H and O–H groups in total. The Hall–Kier alpha value is -6.08. The van der Waals surface area contributed by atoms with Gasteiger partial charge in [-0.15, -0.1) is 0 Å². The number of rotatable bonds is 5. The molecule has 0 atom stereocenters. The first-order valence-electron chi connectivity index (χ1n) is 16.3. The van der Waals surface area contributed by atoms with Crippen LogP contribution in [0.5, 0.6) is 0 Å². The van der Waals surface area contributed by atoms with Crippen LogP contribution in [0.15, 0.2) is 176 Å². The van der Waals surface area contributed by atoms with E-state index in [1.807, 2.05) is 60.7 Å². The van der Waals surface area contributed by atoms with Gasteiger partial charge in [-0.2, -0.15) is 0 Å². The predicted octanol–water partition coefficient (Wildman–Crippen LogP) is 7.34. The van der Waals surface area contributed by atoms with E-state index in [1.165, 1.54) is 22.3 Å². The molecule has 9 rings (SSSR count). The van der Waals surface area contributed by atoms with Crippen molar-refractivity contribution in [1.29, 1.82) is 0 Å². The molecule has 0 spiro atoms. The molecular weight excluding hydrogens is 585 g/mol. The fraction of sp³-hybridized carbons (Fsp3) is 0. The van der Waals surface area contributed by atoms with Gasteiger partial charge >= 0.3 is 20.9 Å². The topological polar surface area (TPSA) is 48.4 Å². The third-order valence-electron chi connectivity index (χ3n) is 9.25. The van der Waals surface area contributed by atoms with Gasteiger partial charge in [0.25, 0.3) is 0 Å². The van der Waals surface area contributed by atoms with Crippen LogP contribution in [0.25, 0.3) is 39.5 Å². The van der Waals surface area contributed by atoms with Gasteiger partial charge in [0.2, 0.25) is 0 Å². The van der Waals surface area contributed by atoms with Gasteiger partial charge in [-0.05, 0) is 47.5 Å². The van der Waals surface area contributed by atoms with Crippen LogP contribution < -0.4 is 0 Å². The molecule has 0 radical (unpaired) electrons. The highest BCUT2D eigenvalue weighted by Crippen LogP contribution is 2.40. The highest BCUT2D eigenvalue weighted by molar-refractivity contribution is 6.92. The maximum absolute atomic E-state index is 5.03. The number of hydrogen-bond acceptors (Lipinski definition) is 6. The fourth-order valence-electron chi connectivity index (χ4n) is 6.94. The van der Waals surface area contributed by atoms with Crippen molar-refractivity contribution in [3.8, 4) is 22.8 Å². The van der Waals surface area contributed by atoms with E-state index >= 15 is 0 Å². The summed E-state index contributed by atoms with van der Waals surface area (Å²) in [6.45, 7) is -0.0487. The number of fused-ring (bicyclic) bond motifs is 6. The predicted molar refractivity (Wildman–Crippen MR) is 198 cm³/mol. The smallest absolute Gasteiger partial charge is 0.381 e. The first kappa shape index (κ1) is 28.2. The zero-order chi connectivity index (χ0) is 31.9. The molecule has 0 saturated carbocycles. The van der Waals surface area contributed by atoms with E-state index in [9.17, 15) is 0 Å². The van der Waals surface area contributed by atoms with Crippen molar-refractivity contribution in [2.24, 2.45) is 0 Å². The maximum atomic E-state index is 5.03. The molecule has 5 aromatic rings. The third kappa shape index (κ3) is 5.01. The quantitative estimate of drug-likeness (QED) is 0.193. The van der Waals surface area contributed by atoms with Gasteiger partial charge in [-0.25, -0.2) is 15.0 Å². The summed E-state index contributed by atoms with van der Waals surface area (Å²) < 4.78 is 7.28. The van der Waals surface area contributed by atoms with Crippen molar-refractivity contribution < 1.29 is 0 Å². The summed E-state index contributed by atoms with van der Waals surface area (Å²) in [5, 5.41) is 0. The van der Waals surface area contributed by atoms with Gasteiger partial charge in [-0.1, -0.05) is 145 Å². The Kier molecular flexibility index (Phi) is 7.01. The molecule has 1 aromatic heterocycles. The van der Waals surface area contributed by atoms with Crippen molar-refractivity contribution in [2.45, 2.75) is 0 Å². The molecule has 1 saturated heterocycles. The van der Waals surface area contributed by atoms with E-state index in [1.54, 1.807) is 0 Å². The molecule has 224 valence electrons. The SMILES string of the molecule is C1=CB2N(C=C1)B1C=C(c3nc(-c4ccccc4)nc(-c4ccccc4)n3)C=CN1B1C=C(c3ccccc3)C(c3ccccc3)=CN21. The molecule has 48 heavy (non-hydrogen) atoms. The highest BCUT2D eigenvalue weighted by atomic mass is 15.3. The van der Waals surface area contributed by atoms with E-state index in [-0.39, 0.29) is 20.9 Å². The third-order valence-corrected chi connectivity index (χ3v) is 9.25. The van der Waals surface area contributed by atoms with Crippen LogP contribution in [0.4, 0.5) is 0 Å². The van der Waals surface area contributed by atoms with Crippen molar-refractivity contribution in [3.63, 3.8) is 0 Å². The zero-order valence-electron chi connectivity index (χ0n) is 26.2. The summed E-state index contributed by atoms with van der Waals surface area (Å²) in [6.07, 6.45) is 13.1. The summed E-state index contributed by atoms with van der Waals surface area (Å²) in [6, 6.07) is 41.7. The number of benzene rings is 4. The Bertz CT molecular complexity index is 2110. The molecule has 9 heteroatoms. The van der Waals surface area contributed by atoms with E-state index in [0.717, 1.165) is 16.7 Å². The lowest BCUT2D eigenvalue weighted by Crippen LogP contribution is -2.73. The Labute approximate surface area is 281 Å². The average molecular weight is 614 g/mol. The molecular formula is C39H29B3N6.